The lowest BCUT2D eigenvalue weighted by Crippen LogP contribution is -2.37. The van der Waals surface area contributed by atoms with Crippen molar-refractivity contribution in [3.05, 3.63) is 59.3 Å². The molecule has 1 amide bonds. The number of benzene rings is 1. The fraction of sp³-hybridized carbons (Fsp3) is 0.333. The van der Waals surface area contributed by atoms with Crippen molar-refractivity contribution in [1.82, 2.24) is 9.88 Å². The number of nitrogens with zero attached hydrogens (tertiary/aromatic N) is 3. The van der Waals surface area contributed by atoms with E-state index in [1.807, 2.05) is 35.2 Å². The molecular weight excluding hydrogens is 383 g/mol. The number of halogens is 3. The molecule has 8 heteroatoms. The normalized spacial score (nSPS) is 17.1. The first-order valence-electron chi connectivity index (χ1n) is 9.42. The number of hydrogen-bond donors (Lipinski definition) is 0. The Morgan fingerprint density at radius 2 is 1.86 bits per heavy atom. The number of carbonyl (C=O) groups is 1. The van der Waals surface area contributed by atoms with Crippen molar-refractivity contribution < 1.29 is 22.7 Å². The summed E-state index contributed by atoms with van der Waals surface area (Å²) in [4.78, 5) is 20.6. The van der Waals surface area contributed by atoms with Crippen LogP contribution in [0.1, 0.15) is 17.5 Å². The Morgan fingerprint density at radius 3 is 2.62 bits per heavy atom. The zero-order chi connectivity index (χ0) is 20.4. The van der Waals surface area contributed by atoms with E-state index >= 15 is 0 Å². The number of amides is 1. The molecule has 1 aromatic heterocycles. The number of pyridine rings is 1. The van der Waals surface area contributed by atoms with Crippen LogP contribution in [0.25, 0.3) is 6.08 Å². The van der Waals surface area contributed by atoms with Gasteiger partial charge < -0.3 is 14.5 Å². The molecule has 0 atom stereocenters. The van der Waals surface area contributed by atoms with Crippen LogP contribution in [-0.4, -0.2) is 48.6 Å². The Kier molecular flexibility index (Phi) is 5.17. The number of fused-ring (bicyclic) bond motifs is 1. The fourth-order valence-corrected chi connectivity index (χ4v) is 3.53. The van der Waals surface area contributed by atoms with Crippen LogP contribution in [0.15, 0.2) is 48.2 Å². The third-order valence-corrected chi connectivity index (χ3v) is 5.09. The summed E-state index contributed by atoms with van der Waals surface area (Å²) in [5.41, 5.74) is 0.717. The number of anilines is 1. The number of aromatic nitrogens is 1. The highest BCUT2D eigenvalue weighted by Gasteiger charge is 2.31. The molecule has 152 valence electrons. The summed E-state index contributed by atoms with van der Waals surface area (Å²) in [5, 5.41) is 0. The third-order valence-electron chi connectivity index (χ3n) is 5.09. The van der Waals surface area contributed by atoms with E-state index in [0.717, 1.165) is 23.6 Å². The minimum absolute atomic E-state index is 0.0678. The van der Waals surface area contributed by atoms with Gasteiger partial charge in [-0.05, 0) is 30.7 Å². The van der Waals surface area contributed by atoms with Gasteiger partial charge in [0.15, 0.2) is 0 Å². The van der Waals surface area contributed by atoms with Gasteiger partial charge in [-0.25, -0.2) is 4.98 Å². The molecule has 0 N–H and O–H groups in total. The summed E-state index contributed by atoms with van der Waals surface area (Å²) in [6.07, 6.45) is -0.979. The molecule has 3 heterocycles. The number of para-hydroxylation sites is 1. The zero-order valence-corrected chi connectivity index (χ0v) is 15.7. The summed E-state index contributed by atoms with van der Waals surface area (Å²) in [7, 11) is 0. The summed E-state index contributed by atoms with van der Waals surface area (Å²) in [6, 6.07) is 9.98. The molecule has 4 rings (SSSR count). The Bertz CT molecular complexity index is 926. The van der Waals surface area contributed by atoms with Crippen LogP contribution < -0.4 is 9.64 Å². The molecule has 1 fully saturated rings. The molecule has 1 aromatic carbocycles. The average molecular weight is 403 g/mol. The summed E-state index contributed by atoms with van der Waals surface area (Å²) in [6.45, 7) is 2.42. The van der Waals surface area contributed by atoms with Gasteiger partial charge in [-0.3, -0.25) is 4.79 Å². The van der Waals surface area contributed by atoms with E-state index in [1.165, 1.54) is 6.07 Å². The minimum Gasteiger partial charge on any atom is -0.488 e. The topological polar surface area (TPSA) is 45.7 Å². The van der Waals surface area contributed by atoms with Gasteiger partial charge in [-0.15, -0.1) is 0 Å². The molecule has 0 spiro atoms. The smallest absolute Gasteiger partial charge is 0.417 e. The number of ether oxygens (including phenoxy) is 1. The van der Waals surface area contributed by atoms with Crippen molar-refractivity contribution in [3.8, 4) is 5.75 Å². The largest absolute Gasteiger partial charge is 0.488 e. The molecule has 0 aliphatic carbocycles. The second-order valence-corrected chi connectivity index (χ2v) is 7.03. The predicted octanol–water partition coefficient (Wildman–Crippen LogP) is 3.62. The lowest BCUT2D eigenvalue weighted by atomic mass is 10.1. The maximum Gasteiger partial charge on any atom is 0.417 e. The van der Waals surface area contributed by atoms with Crippen molar-refractivity contribution in [3.63, 3.8) is 0 Å². The SMILES string of the molecule is O=C(C1=Cc2ccccc2OC1)N1CCCN(c2ccc(C(F)(F)F)cn2)CC1. The highest BCUT2D eigenvalue weighted by atomic mass is 19.4. The van der Waals surface area contributed by atoms with Crippen LogP contribution in [0.3, 0.4) is 0 Å². The molecule has 0 saturated carbocycles. The molecule has 2 aliphatic heterocycles. The number of rotatable bonds is 2. The van der Waals surface area contributed by atoms with E-state index in [9.17, 15) is 18.0 Å². The maximum absolute atomic E-state index is 12.9. The van der Waals surface area contributed by atoms with Gasteiger partial charge in [0.05, 0.1) is 11.1 Å². The Hall–Kier alpha value is -3.03. The number of hydrogen-bond acceptors (Lipinski definition) is 4. The molecular formula is C21H20F3N3O2. The number of carbonyl (C=O) groups excluding carboxylic acids is 1. The van der Waals surface area contributed by atoms with Crippen molar-refractivity contribution in [2.24, 2.45) is 0 Å². The van der Waals surface area contributed by atoms with E-state index in [1.54, 1.807) is 4.90 Å². The highest BCUT2D eigenvalue weighted by Crippen LogP contribution is 2.30. The van der Waals surface area contributed by atoms with Gasteiger partial charge >= 0.3 is 6.18 Å². The van der Waals surface area contributed by atoms with Gasteiger partial charge in [0, 0.05) is 37.9 Å². The molecule has 0 radical (unpaired) electrons. The van der Waals surface area contributed by atoms with E-state index < -0.39 is 11.7 Å². The Balaban J connectivity index is 1.43. The summed E-state index contributed by atoms with van der Waals surface area (Å²) < 4.78 is 43.8. The minimum atomic E-state index is -4.40. The molecule has 0 bridgehead atoms. The van der Waals surface area contributed by atoms with Gasteiger partial charge in [-0.2, -0.15) is 13.2 Å². The highest BCUT2D eigenvalue weighted by molar-refractivity contribution is 5.99. The van der Waals surface area contributed by atoms with E-state index in [-0.39, 0.29) is 12.5 Å². The van der Waals surface area contributed by atoms with Crippen LogP contribution in [-0.2, 0) is 11.0 Å². The molecule has 5 nitrogen and oxygen atoms in total. The second kappa shape index (κ2) is 7.77. The van der Waals surface area contributed by atoms with Crippen molar-refractivity contribution in [1.29, 1.82) is 0 Å². The first-order valence-corrected chi connectivity index (χ1v) is 9.42. The average Bonchev–Trinajstić information content (AvgIpc) is 2.98. The van der Waals surface area contributed by atoms with E-state index in [0.29, 0.717) is 44.0 Å². The van der Waals surface area contributed by atoms with Gasteiger partial charge in [0.2, 0.25) is 0 Å². The van der Waals surface area contributed by atoms with E-state index in [2.05, 4.69) is 4.98 Å². The quantitative estimate of drug-likeness (QED) is 0.769. The molecule has 29 heavy (non-hydrogen) atoms. The second-order valence-electron chi connectivity index (χ2n) is 7.03. The summed E-state index contributed by atoms with van der Waals surface area (Å²) in [5.74, 6) is 1.18. The standard InChI is InChI=1S/C21H20F3N3O2/c22-21(23,24)17-6-7-19(25-13-17)26-8-3-9-27(11-10-26)20(28)16-12-15-4-1-2-5-18(15)29-14-16/h1-2,4-7,12-13H,3,8-11,14H2. The predicted molar refractivity (Wildman–Crippen MR) is 103 cm³/mol. The lowest BCUT2D eigenvalue weighted by Gasteiger charge is -2.25. The van der Waals surface area contributed by atoms with Crippen molar-refractivity contribution in [2.45, 2.75) is 12.6 Å². The maximum atomic E-state index is 12.9. The van der Waals surface area contributed by atoms with Crippen LogP contribution in [0.4, 0.5) is 19.0 Å². The first kappa shape index (κ1) is 19.3. The molecule has 2 aromatic rings. The van der Waals surface area contributed by atoms with Crippen LogP contribution >= 0.6 is 0 Å². The third kappa shape index (κ3) is 4.21. The number of alkyl halides is 3. The van der Waals surface area contributed by atoms with Crippen molar-refractivity contribution in [2.75, 3.05) is 37.7 Å². The molecule has 1 saturated heterocycles. The van der Waals surface area contributed by atoms with Crippen molar-refractivity contribution >= 4 is 17.8 Å². The van der Waals surface area contributed by atoms with E-state index in [4.69, 9.17) is 4.74 Å². The molecule has 0 unspecified atom stereocenters. The van der Waals surface area contributed by atoms with Crippen LogP contribution in [0.2, 0.25) is 0 Å². The van der Waals surface area contributed by atoms with Crippen LogP contribution in [0.5, 0.6) is 5.75 Å². The van der Waals surface area contributed by atoms with Crippen LogP contribution in [0, 0.1) is 0 Å². The zero-order valence-electron chi connectivity index (χ0n) is 15.7. The van der Waals surface area contributed by atoms with Gasteiger partial charge in [0.1, 0.15) is 18.2 Å². The fourth-order valence-electron chi connectivity index (χ4n) is 3.53. The lowest BCUT2D eigenvalue weighted by molar-refractivity contribution is -0.137. The Labute approximate surface area is 166 Å². The summed E-state index contributed by atoms with van der Waals surface area (Å²) >= 11 is 0. The first-order chi connectivity index (χ1) is 13.9. The molecule has 2 aliphatic rings. The Morgan fingerprint density at radius 1 is 1.03 bits per heavy atom. The monoisotopic (exact) mass is 403 g/mol. The van der Waals surface area contributed by atoms with Gasteiger partial charge in [0.25, 0.3) is 5.91 Å². The van der Waals surface area contributed by atoms with Gasteiger partial charge in [-0.1, -0.05) is 18.2 Å².